The summed E-state index contributed by atoms with van der Waals surface area (Å²) in [7, 11) is 1.74. The van der Waals surface area contributed by atoms with E-state index < -0.39 is 0 Å². The van der Waals surface area contributed by atoms with Gasteiger partial charge in [-0.3, -0.25) is 14.6 Å². The van der Waals surface area contributed by atoms with E-state index in [4.69, 9.17) is 4.74 Å². The minimum Gasteiger partial charge on any atom is -0.383 e. The zero-order valence-electron chi connectivity index (χ0n) is 10.4. The van der Waals surface area contributed by atoms with Crippen LogP contribution in [0.2, 0.25) is 0 Å². The van der Waals surface area contributed by atoms with Crippen LogP contribution in [0.5, 0.6) is 0 Å². The molecule has 94 valence electrons. The summed E-state index contributed by atoms with van der Waals surface area (Å²) in [6.45, 7) is 9.48. The second kappa shape index (κ2) is 7.60. The highest BCUT2D eigenvalue weighted by atomic mass is 16.5. The number of carbonyl (C=O) groups excluding carboxylic acids is 1. The highest BCUT2D eigenvalue weighted by Crippen LogP contribution is 2.00. The molecule has 0 aromatic rings. The predicted molar refractivity (Wildman–Crippen MR) is 63.4 cm³/mol. The van der Waals surface area contributed by atoms with Crippen LogP contribution in [0, 0.1) is 0 Å². The molecule has 0 spiro atoms. The molecule has 0 aromatic carbocycles. The number of amides is 1. The number of piperazine rings is 1. The summed E-state index contributed by atoms with van der Waals surface area (Å²) in [5.41, 5.74) is 0. The summed E-state index contributed by atoms with van der Waals surface area (Å²) >= 11 is 0. The number of nitrogens with one attached hydrogen (secondary N) is 1. The van der Waals surface area contributed by atoms with E-state index >= 15 is 0 Å². The topological polar surface area (TPSA) is 44.8 Å². The van der Waals surface area contributed by atoms with E-state index in [1.54, 1.807) is 14.0 Å². The highest BCUT2D eigenvalue weighted by molar-refractivity contribution is 5.72. The van der Waals surface area contributed by atoms with E-state index in [9.17, 15) is 4.79 Å². The summed E-state index contributed by atoms with van der Waals surface area (Å²) in [5, 5.41) is 2.82. The van der Waals surface area contributed by atoms with Crippen molar-refractivity contribution in [2.45, 2.75) is 6.92 Å². The van der Waals surface area contributed by atoms with E-state index in [2.05, 4.69) is 15.1 Å². The molecule has 0 unspecified atom stereocenters. The maximum atomic E-state index is 10.7. The number of rotatable bonds is 6. The van der Waals surface area contributed by atoms with Crippen molar-refractivity contribution in [1.29, 1.82) is 0 Å². The van der Waals surface area contributed by atoms with Gasteiger partial charge in [0.25, 0.3) is 0 Å². The quantitative estimate of drug-likeness (QED) is 0.660. The zero-order valence-corrected chi connectivity index (χ0v) is 10.4. The van der Waals surface area contributed by atoms with Gasteiger partial charge < -0.3 is 10.1 Å². The number of carbonyl (C=O) groups is 1. The lowest BCUT2D eigenvalue weighted by atomic mass is 10.3. The van der Waals surface area contributed by atoms with Gasteiger partial charge in [-0.2, -0.15) is 0 Å². The van der Waals surface area contributed by atoms with Crippen molar-refractivity contribution in [3.63, 3.8) is 0 Å². The lowest BCUT2D eigenvalue weighted by molar-refractivity contribution is -0.119. The average Bonchev–Trinajstić information content (AvgIpc) is 2.27. The molecule has 0 aromatic heterocycles. The van der Waals surface area contributed by atoms with Crippen LogP contribution in [-0.2, 0) is 9.53 Å². The molecule has 5 heteroatoms. The van der Waals surface area contributed by atoms with Gasteiger partial charge in [-0.25, -0.2) is 0 Å². The first-order chi connectivity index (χ1) is 7.72. The average molecular weight is 229 g/mol. The fourth-order valence-electron chi connectivity index (χ4n) is 1.85. The second-order valence-corrected chi connectivity index (χ2v) is 4.16. The first-order valence-electron chi connectivity index (χ1n) is 5.90. The first-order valence-corrected chi connectivity index (χ1v) is 5.90. The molecule has 1 rings (SSSR count). The molecule has 0 aliphatic carbocycles. The third kappa shape index (κ3) is 5.44. The van der Waals surface area contributed by atoms with Crippen molar-refractivity contribution < 1.29 is 9.53 Å². The molecular formula is C11H23N3O2. The van der Waals surface area contributed by atoms with Crippen LogP contribution in [0.15, 0.2) is 0 Å². The highest BCUT2D eigenvalue weighted by Gasteiger charge is 2.15. The Morgan fingerprint density at radius 2 is 1.75 bits per heavy atom. The molecule has 0 atom stereocenters. The Bertz CT molecular complexity index is 203. The maximum Gasteiger partial charge on any atom is 0.216 e. The van der Waals surface area contributed by atoms with Crippen molar-refractivity contribution in [2.75, 3.05) is 59.5 Å². The van der Waals surface area contributed by atoms with Crippen LogP contribution >= 0.6 is 0 Å². The van der Waals surface area contributed by atoms with Crippen molar-refractivity contribution in [3.8, 4) is 0 Å². The third-order valence-electron chi connectivity index (χ3n) is 2.88. The van der Waals surface area contributed by atoms with Gasteiger partial charge in [0.2, 0.25) is 5.91 Å². The largest absolute Gasteiger partial charge is 0.383 e. The van der Waals surface area contributed by atoms with E-state index in [0.29, 0.717) is 0 Å². The Labute approximate surface area is 97.7 Å². The summed E-state index contributed by atoms with van der Waals surface area (Å²) in [6, 6.07) is 0. The molecular weight excluding hydrogens is 206 g/mol. The van der Waals surface area contributed by atoms with Crippen molar-refractivity contribution >= 4 is 5.91 Å². The molecule has 1 heterocycles. The van der Waals surface area contributed by atoms with E-state index in [-0.39, 0.29) is 5.91 Å². The molecule has 16 heavy (non-hydrogen) atoms. The van der Waals surface area contributed by atoms with Gasteiger partial charge in [-0.1, -0.05) is 0 Å². The molecule has 1 aliphatic rings. The van der Waals surface area contributed by atoms with Gasteiger partial charge in [0.05, 0.1) is 6.61 Å². The van der Waals surface area contributed by atoms with E-state index in [1.165, 1.54) is 0 Å². The van der Waals surface area contributed by atoms with Gasteiger partial charge in [0.1, 0.15) is 0 Å². The van der Waals surface area contributed by atoms with Gasteiger partial charge in [-0.05, 0) is 0 Å². The molecule has 5 nitrogen and oxygen atoms in total. The molecule has 0 saturated carbocycles. The minimum absolute atomic E-state index is 0.0544. The van der Waals surface area contributed by atoms with Crippen molar-refractivity contribution in [1.82, 2.24) is 15.1 Å². The van der Waals surface area contributed by atoms with Gasteiger partial charge in [-0.15, -0.1) is 0 Å². The number of methoxy groups -OCH3 is 1. The lowest BCUT2D eigenvalue weighted by Crippen LogP contribution is -2.48. The van der Waals surface area contributed by atoms with Crippen LogP contribution in [-0.4, -0.2) is 75.2 Å². The van der Waals surface area contributed by atoms with Crippen molar-refractivity contribution in [2.24, 2.45) is 0 Å². The number of ether oxygens (including phenoxy) is 1. The molecule has 1 aliphatic heterocycles. The predicted octanol–water partition coefficient (Wildman–Crippen LogP) is -0.613. The minimum atomic E-state index is 0.0544. The monoisotopic (exact) mass is 229 g/mol. The Kier molecular flexibility index (Phi) is 6.37. The number of hydrogen-bond acceptors (Lipinski definition) is 4. The van der Waals surface area contributed by atoms with Gasteiger partial charge in [0.15, 0.2) is 0 Å². The van der Waals surface area contributed by atoms with Crippen LogP contribution in [0.25, 0.3) is 0 Å². The Balaban J connectivity index is 2.05. The third-order valence-corrected chi connectivity index (χ3v) is 2.88. The maximum absolute atomic E-state index is 10.7. The number of nitrogens with zero attached hydrogens (tertiary/aromatic N) is 2. The summed E-state index contributed by atoms with van der Waals surface area (Å²) in [6.07, 6.45) is 0. The summed E-state index contributed by atoms with van der Waals surface area (Å²) in [4.78, 5) is 15.5. The zero-order chi connectivity index (χ0) is 11.8. The van der Waals surface area contributed by atoms with Crippen LogP contribution in [0.4, 0.5) is 0 Å². The summed E-state index contributed by atoms with van der Waals surface area (Å²) < 4.78 is 5.06. The summed E-state index contributed by atoms with van der Waals surface area (Å²) in [5.74, 6) is 0.0544. The van der Waals surface area contributed by atoms with E-state index in [0.717, 1.165) is 52.4 Å². The van der Waals surface area contributed by atoms with Crippen LogP contribution < -0.4 is 5.32 Å². The Hall–Kier alpha value is -0.650. The van der Waals surface area contributed by atoms with E-state index in [1.807, 2.05) is 0 Å². The smallest absolute Gasteiger partial charge is 0.216 e. The molecule has 0 bridgehead atoms. The molecule has 1 fully saturated rings. The lowest BCUT2D eigenvalue weighted by Gasteiger charge is -2.34. The normalized spacial score (nSPS) is 18.6. The first kappa shape index (κ1) is 13.4. The molecule has 1 saturated heterocycles. The fourth-order valence-corrected chi connectivity index (χ4v) is 1.85. The standard InChI is InChI=1S/C11H23N3O2/c1-11(15)12-3-4-13-5-7-14(8-6-13)9-10-16-2/h3-10H2,1-2H3,(H,12,15). The second-order valence-electron chi connectivity index (χ2n) is 4.16. The van der Waals surface area contributed by atoms with Crippen LogP contribution in [0.1, 0.15) is 6.92 Å². The Morgan fingerprint density at radius 3 is 2.25 bits per heavy atom. The molecule has 1 N–H and O–H groups in total. The van der Waals surface area contributed by atoms with Crippen LogP contribution in [0.3, 0.4) is 0 Å². The SMILES string of the molecule is COCCN1CCN(CCNC(C)=O)CC1. The fraction of sp³-hybridized carbons (Fsp3) is 0.909. The molecule has 1 amide bonds. The van der Waals surface area contributed by atoms with Gasteiger partial charge >= 0.3 is 0 Å². The molecule has 0 radical (unpaired) electrons. The van der Waals surface area contributed by atoms with Gasteiger partial charge in [0, 0.05) is 59.8 Å². The van der Waals surface area contributed by atoms with Crippen molar-refractivity contribution in [3.05, 3.63) is 0 Å². The Morgan fingerprint density at radius 1 is 1.19 bits per heavy atom. The number of hydrogen-bond donors (Lipinski definition) is 1.